The average molecular weight is 252 g/mol. The fourth-order valence-corrected chi connectivity index (χ4v) is 2.21. The molecule has 1 fully saturated rings. The Morgan fingerprint density at radius 1 is 1.60 bits per heavy atom. The van der Waals surface area contributed by atoms with Gasteiger partial charge in [0.25, 0.3) is 0 Å². The van der Waals surface area contributed by atoms with E-state index in [1.165, 1.54) is 0 Å². The molecule has 1 aliphatic heterocycles. The van der Waals surface area contributed by atoms with Crippen LogP contribution in [0.1, 0.15) is 20.3 Å². The number of alkyl halides is 1. The predicted molar refractivity (Wildman–Crippen MR) is 54.5 cm³/mol. The van der Waals surface area contributed by atoms with E-state index >= 15 is 0 Å². The van der Waals surface area contributed by atoms with Crippen molar-refractivity contribution in [3.05, 3.63) is 0 Å². The van der Waals surface area contributed by atoms with Gasteiger partial charge in [-0.15, -0.1) is 0 Å². The third kappa shape index (κ3) is 1.50. The van der Waals surface area contributed by atoms with Crippen molar-refractivity contribution in [2.75, 3.05) is 0 Å². The monoisotopic (exact) mass is 252 g/mol. The molecule has 0 aliphatic carbocycles. The summed E-state index contributed by atoms with van der Waals surface area (Å²) in [6, 6.07) is 0.459. The Kier molecular flexibility index (Phi) is 3.04. The fourth-order valence-electron chi connectivity index (χ4n) is 1.58. The third-order valence-corrected chi connectivity index (χ3v) is 4.48. The SMILES string of the molecule is BC1OC(CC)C(C)C1I. The van der Waals surface area contributed by atoms with Gasteiger partial charge in [-0.3, -0.25) is 0 Å². The van der Waals surface area contributed by atoms with Crippen molar-refractivity contribution in [2.45, 2.75) is 36.3 Å². The first-order valence-corrected chi connectivity index (χ1v) is 5.21. The van der Waals surface area contributed by atoms with E-state index in [9.17, 15) is 0 Å². The molecule has 0 N–H and O–H groups in total. The zero-order valence-electron chi connectivity index (χ0n) is 6.80. The van der Waals surface area contributed by atoms with E-state index in [1.54, 1.807) is 0 Å². The highest BCUT2D eigenvalue weighted by Gasteiger charge is 2.35. The Labute approximate surface area is 77.5 Å². The van der Waals surface area contributed by atoms with Crippen LogP contribution in [0.5, 0.6) is 0 Å². The largest absolute Gasteiger partial charge is 0.383 e. The maximum atomic E-state index is 5.73. The molecule has 1 saturated heterocycles. The highest BCUT2D eigenvalue weighted by atomic mass is 127. The minimum Gasteiger partial charge on any atom is -0.383 e. The molecule has 0 aromatic rings. The van der Waals surface area contributed by atoms with Crippen LogP contribution < -0.4 is 0 Å². The quantitative estimate of drug-likeness (QED) is 0.387. The minimum atomic E-state index is 0.459. The van der Waals surface area contributed by atoms with Crippen molar-refractivity contribution < 1.29 is 4.74 Å². The molecule has 3 heteroatoms. The van der Waals surface area contributed by atoms with Crippen LogP contribution in [0, 0.1) is 5.92 Å². The lowest BCUT2D eigenvalue weighted by atomic mass is 9.91. The summed E-state index contributed by atoms with van der Waals surface area (Å²) < 4.78 is 6.44. The molecule has 0 aromatic carbocycles. The van der Waals surface area contributed by atoms with Gasteiger partial charge in [-0.2, -0.15) is 0 Å². The van der Waals surface area contributed by atoms with Crippen molar-refractivity contribution in [1.29, 1.82) is 0 Å². The van der Waals surface area contributed by atoms with Gasteiger partial charge < -0.3 is 4.74 Å². The summed E-state index contributed by atoms with van der Waals surface area (Å²) in [5.41, 5.74) is 0. The van der Waals surface area contributed by atoms with E-state index in [2.05, 4.69) is 44.3 Å². The zero-order valence-corrected chi connectivity index (χ0v) is 8.96. The first kappa shape index (κ1) is 8.85. The molecule has 1 aliphatic rings. The van der Waals surface area contributed by atoms with E-state index in [-0.39, 0.29) is 0 Å². The van der Waals surface area contributed by atoms with Crippen molar-refractivity contribution in [3.8, 4) is 0 Å². The normalized spacial score (nSPS) is 47.9. The van der Waals surface area contributed by atoms with Gasteiger partial charge in [-0.1, -0.05) is 36.4 Å². The molecule has 58 valence electrons. The lowest BCUT2D eigenvalue weighted by Gasteiger charge is -2.12. The lowest BCUT2D eigenvalue weighted by Crippen LogP contribution is -2.18. The maximum Gasteiger partial charge on any atom is 0.140 e. The summed E-state index contributed by atoms with van der Waals surface area (Å²) >= 11 is 2.50. The summed E-state index contributed by atoms with van der Waals surface area (Å²) in [5.74, 6) is 0.737. The van der Waals surface area contributed by atoms with Crippen LogP contribution in [-0.2, 0) is 4.74 Å². The summed E-state index contributed by atoms with van der Waals surface area (Å²) in [6.07, 6.45) is 1.67. The summed E-state index contributed by atoms with van der Waals surface area (Å²) in [7, 11) is 2.17. The molecule has 0 amide bonds. The summed E-state index contributed by atoms with van der Waals surface area (Å²) in [4.78, 5) is 0. The molecule has 0 saturated carbocycles. The molecule has 1 heterocycles. The maximum absolute atomic E-state index is 5.73. The molecule has 0 radical (unpaired) electrons. The van der Waals surface area contributed by atoms with Gasteiger partial charge in [0.2, 0.25) is 0 Å². The lowest BCUT2D eigenvalue weighted by molar-refractivity contribution is 0.0722. The first-order chi connectivity index (χ1) is 4.66. The minimum absolute atomic E-state index is 0.459. The van der Waals surface area contributed by atoms with Crippen molar-refractivity contribution in [1.82, 2.24) is 0 Å². The Morgan fingerprint density at radius 3 is 2.40 bits per heavy atom. The molecule has 10 heavy (non-hydrogen) atoms. The molecule has 0 aromatic heterocycles. The van der Waals surface area contributed by atoms with Crippen molar-refractivity contribution in [2.24, 2.45) is 5.92 Å². The Bertz CT molecular complexity index is 120. The second-order valence-corrected chi connectivity index (χ2v) is 4.53. The van der Waals surface area contributed by atoms with E-state index in [0.717, 1.165) is 12.3 Å². The molecular formula is C7H14BIO. The molecule has 4 unspecified atom stereocenters. The smallest absolute Gasteiger partial charge is 0.140 e. The number of rotatable bonds is 1. The van der Waals surface area contributed by atoms with Gasteiger partial charge >= 0.3 is 0 Å². The van der Waals surface area contributed by atoms with E-state index in [1.807, 2.05) is 0 Å². The van der Waals surface area contributed by atoms with E-state index < -0.39 is 0 Å². The first-order valence-electron chi connectivity index (χ1n) is 3.96. The zero-order chi connectivity index (χ0) is 7.72. The van der Waals surface area contributed by atoms with Gasteiger partial charge in [-0.05, 0) is 12.3 Å². The Morgan fingerprint density at radius 2 is 2.20 bits per heavy atom. The van der Waals surface area contributed by atoms with E-state index in [4.69, 9.17) is 4.74 Å². The van der Waals surface area contributed by atoms with Gasteiger partial charge in [0.15, 0.2) is 0 Å². The average Bonchev–Trinajstić information content (AvgIpc) is 2.17. The molecule has 1 nitrogen and oxygen atoms in total. The van der Waals surface area contributed by atoms with Gasteiger partial charge in [-0.25, -0.2) is 0 Å². The van der Waals surface area contributed by atoms with E-state index in [0.29, 0.717) is 16.0 Å². The third-order valence-electron chi connectivity index (χ3n) is 2.33. The molecule has 0 bridgehead atoms. The van der Waals surface area contributed by atoms with Gasteiger partial charge in [0.1, 0.15) is 7.85 Å². The van der Waals surface area contributed by atoms with Crippen molar-refractivity contribution >= 4 is 30.4 Å². The van der Waals surface area contributed by atoms with Crippen LogP contribution in [-0.4, -0.2) is 23.9 Å². The Balaban J connectivity index is 2.53. The van der Waals surface area contributed by atoms with Crippen LogP contribution in [0.15, 0.2) is 0 Å². The van der Waals surface area contributed by atoms with Crippen molar-refractivity contribution in [3.63, 3.8) is 0 Å². The van der Waals surface area contributed by atoms with Crippen LogP contribution in [0.2, 0.25) is 0 Å². The molecular weight excluding hydrogens is 238 g/mol. The summed E-state index contributed by atoms with van der Waals surface area (Å²) in [5, 5.41) is 0. The standard InChI is InChI=1S/C7H14BIO/c1-3-5-4(2)6(9)7(8)10-5/h4-7H,3,8H2,1-2H3. The van der Waals surface area contributed by atoms with Crippen LogP contribution in [0.3, 0.4) is 0 Å². The number of halogens is 1. The van der Waals surface area contributed by atoms with Crippen LogP contribution >= 0.6 is 22.6 Å². The highest BCUT2D eigenvalue weighted by Crippen LogP contribution is 2.32. The topological polar surface area (TPSA) is 9.23 Å². The van der Waals surface area contributed by atoms with Gasteiger partial charge in [0, 0.05) is 9.93 Å². The molecule has 4 atom stereocenters. The second-order valence-electron chi connectivity index (χ2n) is 3.09. The molecule has 0 spiro atoms. The fraction of sp³-hybridized carbons (Fsp3) is 1.00. The predicted octanol–water partition coefficient (Wildman–Crippen LogP) is 1.19. The number of ether oxygens (including phenoxy) is 1. The number of hydrogen-bond acceptors (Lipinski definition) is 1. The van der Waals surface area contributed by atoms with Gasteiger partial charge in [0.05, 0.1) is 6.10 Å². The second kappa shape index (κ2) is 3.43. The number of hydrogen-bond donors (Lipinski definition) is 0. The summed E-state index contributed by atoms with van der Waals surface area (Å²) in [6.45, 7) is 4.48. The molecule has 1 rings (SSSR count). The van der Waals surface area contributed by atoms with Crippen LogP contribution in [0.25, 0.3) is 0 Å². The highest BCUT2D eigenvalue weighted by molar-refractivity contribution is 14.1. The Hall–Kier alpha value is 0.755. The van der Waals surface area contributed by atoms with Crippen LogP contribution in [0.4, 0.5) is 0 Å².